The number of esters is 2. The highest BCUT2D eigenvalue weighted by Gasteiger charge is 2.27. The summed E-state index contributed by atoms with van der Waals surface area (Å²) in [6, 6.07) is 0. The summed E-state index contributed by atoms with van der Waals surface area (Å²) in [5.74, 6) is 0.165. The molecular weight excluding hydrogens is 552 g/mol. The summed E-state index contributed by atoms with van der Waals surface area (Å²) in [6.45, 7) is 7.05. The van der Waals surface area contributed by atoms with Crippen LogP contribution in [0.3, 0.4) is 0 Å². The molecule has 4 rings (SSSR count). The monoisotopic (exact) mass is 592 g/mol. The van der Waals surface area contributed by atoms with Crippen molar-refractivity contribution in [2.45, 2.75) is 51.7 Å². The van der Waals surface area contributed by atoms with Gasteiger partial charge in [0.1, 0.15) is 11.6 Å². The molecule has 2 atom stereocenters. The van der Waals surface area contributed by atoms with Gasteiger partial charge in [-0.1, -0.05) is 0 Å². The average molecular weight is 593 g/mol. The van der Waals surface area contributed by atoms with Gasteiger partial charge in [0.05, 0.1) is 64.7 Å². The van der Waals surface area contributed by atoms with Crippen LogP contribution in [0.5, 0.6) is 0 Å². The summed E-state index contributed by atoms with van der Waals surface area (Å²) < 4.78 is 20.5. The molecule has 4 aliphatic heterocycles. The second-order valence-corrected chi connectivity index (χ2v) is 9.85. The molecule has 42 heavy (non-hydrogen) atoms. The first-order chi connectivity index (χ1) is 20.2. The van der Waals surface area contributed by atoms with E-state index in [2.05, 4.69) is 9.98 Å². The average Bonchev–Trinajstić information content (AvgIpc) is 2.97. The summed E-state index contributed by atoms with van der Waals surface area (Å²) in [5, 5.41) is 18.3. The van der Waals surface area contributed by atoms with Gasteiger partial charge in [-0.15, -0.1) is 0 Å². The maximum atomic E-state index is 11.8. The fourth-order valence-electron chi connectivity index (χ4n) is 4.62. The standard InChI is InChI=1S/2C14H20N2O5/c2*1-2-20-14(19)6-10-5-11(18)7-13(15-10)16-3-4-21-12(8-16)9-17/h2*7,12,17H,2-6,8-9H2,1H3. The Kier molecular flexibility index (Phi) is 13.3. The molecule has 0 aromatic carbocycles. The van der Waals surface area contributed by atoms with Gasteiger partial charge >= 0.3 is 11.9 Å². The molecule has 4 heterocycles. The van der Waals surface area contributed by atoms with E-state index in [-0.39, 0.29) is 74.6 Å². The molecule has 0 aromatic heterocycles. The molecule has 2 fully saturated rings. The molecule has 0 spiro atoms. The van der Waals surface area contributed by atoms with Crippen LogP contribution in [-0.4, -0.2) is 133 Å². The van der Waals surface area contributed by atoms with Gasteiger partial charge in [-0.3, -0.25) is 19.2 Å². The van der Waals surface area contributed by atoms with E-state index in [9.17, 15) is 19.2 Å². The first-order valence-corrected chi connectivity index (χ1v) is 14.1. The molecule has 14 heteroatoms. The zero-order valence-electron chi connectivity index (χ0n) is 24.2. The topological polar surface area (TPSA) is 177 Å². The van der Waals surface area contributed by atoms with Crippen LogP contribution in [0.2, 0.25) is 0 Å². The lowest BCUT2D eigenvalue weighted by molar-refractivity contribution is -0.142. The molecule has 0 radical (unpaired) electrons. The van der Waals surface area contributed by atoms with Gasteiger partial charge in [0.15, 0.2) is 11.6 Å². The fourth-order valence-corrected chi connectivity index (χ4v) is 4.62. The fraction of sp³-hybridized carbons (Fsp3) is 0.643. The number of allylic oxidation sites excluding steroid dienone is 2. The lowest BCUT2D eigenvalue weighted by Crippen LogP contribution is -2.43. The van der Waals surface area contributed by atoms with Crippen LogP contribution in [0, 0.1) is 0 Å². The SMILES string of the molecule is CCOC(=O)CC1=NC(N2CCOC(CO)C2)=CC(=O)C1.CCOC(=O)CC1=NC(N2CCOC(CO)C2)=CC(=O)C1. The van der Waals surface area contributed by atoms with E-state index < -0.39 is 0 Å². The van der Waals surface area contributed by atoms with E-state index in [1.807, 2.05) is 9.80 Å². The smallest absolute Gasteiger partial charge is 0.311 e. The minimum absolute atomic E-state index is 0.0324. The molecule has 0 aliphatic carbocycles. The molecule has 2 N–H and O–H groups in total. The number of ketones is 2. The molecular formula is C28H40N4O10. The Morgan fingerprint density at radius 3 is 1.57 bits per heavy atom. The molecule has 0 bridgehead atoms. The van der Waals surface area contributed by atoms with Gasteiger partial charge < -0.3 is 39.0 Å². The second kappa shape index (κ2) is 16.9. The molecule has 2 unspecified atom stereocenters. The Balaban J connectivity index is 0.000000230. The number of carbonyl (C=O) groups is 4. The van der Waals surface area contributed by atoms with E-state index in [0.29, 0.717) is 75.7 Å². The van der Waals surface area contributed by atoms with Crippen molar-refractivity contribution in [3.8, 4) is 0 Å². The van der Waals surface area contributed by atoms with E-state index >= 15 is 0 Å². The van der Waals surface area contributed by atoms with Crippen LogP contribution in [0.15, 0.2) is 33.8 Å². The third-order valence-electron chi connectivity index (χ3n) is 6.52. The van der Waals surface area contributed by atoms with Gasteiger partial charge in [0, 0.05) is 62.6 Å². The van der Waals surface area contributed by atoms with Gasteiger partial charge in [-0.2, -0.15) is 0 Å². The predicted molar refractivity (Wildman–Crippen MR) is 150 cm³/mol. The number of rotatable bonds is 10. The van der Waals surface area contributed by atoms with Crippen LogP contribution < -0.4 is 0 Å². The van der Waals surface area contributed by atoms with Crippen molar-refractivity contribution in [3.63, 3.8) is 0 Å². The van der Waals surface area contributed by atoms with Crippen molar-refractivity contribution in [2.75, 3.05) is 65.8 Å². The Morgan fingerprint density at radius 1 is 0.810 bits per heavy atom. The normalized spacial score (nSPS) is 22.7. The first-order valence-electron chi connectivity index (χ1n) is 14.1. The number of hydrogen-bond acceptors (Lipinski definition) is 14. The van der Waals surface area contributed by atoms with Crippen molar-refractivity contribution in [3.05, 3.63) is 23.8 Å². The molecule has 14 nitrogen and oxygen atoms in total. The summed E-state index contributed by atoms with van der Waals surface area (Å²) in [7, 11) is 0. The van der Waals surface area contributed by atoms with Crippen LogP contribution in [0.25, 0.3) is 0 Å². The first kappa shape index (κ1) is 33.0. The summed E-state index contributed by atoms with van der Waals surface area (Å²) >= 11 is 0. The largest absolute Gasteiger partial charge is 0.466 e. The number of aliphatic hydroxyl groups excluding tert-OH is 2. The molecule has 4 aliphatic rings. The highest BCUT2D eigenvalue weighted by Crippen LogP contribution is 2.20. The van der Waals surface area contributed by atoms with Gasteiger partial charge in [-0.05, 0) is 13.8 Å². The molecule has 2 saturated heterocycles. The van der Waals surface area contributed by atoms with E-state index in [1.165, 1.54) is 12.2 Å². The number of carbonyl (C=O) groups excluding carboxylic acids is 4. The number of ether oxygens (including phenoxy) is 4. The van der Waals surface area contributed by atoms with Crippen molar-refractivity contribution >= 4 is 34.9 Å². The lowest BCUT2D eigenvalue weighted by Gasteiger charge is -2.34. The van der Waals surface area contributed by atoms with Gasteiger partial charge in [0.25, 0.3) is 0 Å². The Morgan fingerprint density at radius 2 is 1.21 bits per heavy atom. The number of morpholine rings is 2. The minimum atomic E-state index is -0.375. The van der Waals surface area contributed by atoms with Gasteiger partial charge in [-0.25, -0.2) is 9.98 Å². The number of aliphatic imine (C=N–C) groups is 2. The van der Waals surface area contributed by atoms with Crippen LogP contribution >= 0.6 is 0 Å². The van der Waals surface area contributed by atoms with Crippen molar-refractivity contribution in [2.24, 2.45) is 9.98 Å². The van der Waals surface area contributed by atoms with E-state index in [4.69, 9.17) is 29.2 Å². The number of aliphatic hydroxyl groups is 2. The molecule has 232 valence electrons. The minimum Gasteiger partial charge on any atom is -0.466 e. The summed E-state index contributed by atoms with van der Waals surface area (Å²) in [6.07, 6.45) is 2.77. The Bertz CT molecular complexity index is 1030. The lowest BCUT2D eigenvalue weighted by atomic mass is 10.1. The predicted octanol–water partition coefficient (Wildman–Crippen LogP) is -0.224. The van der Waals surface area contributed by atoms with Crippen molar-refractivity contribution < 1.29 is 48.3 Å². The molecule has 0 aromatic rings. The second-order valence-electron chi connectivity index (χ2n) is 9.85. The summed E-state index contributed by atoms with van der Waals surface area (Å²) in [4.78, 5) is 59.2. The van der Waals surface area contributed by atoms with E-state index in [0.717, 1.165) is 0 Å². The third kappa shape index (κ3) is 10.4. The van der Waals surface area contributed by atoms with Crippen molar-refractivity contribution in [1.29, 1.82) is 0 Å². The molecule has 0 saturated carbocycles. The molecule has 0 amide bonds. The van der Waals surface area contributed by atoms with Gasteiger partial charge in [0.2, 0.25) is 0 Å². The zero-order valence-corrected chi connectivity index (χ0v) is 24.2. The maximum Gasteiger partial charge on any atom is 0.311 e. The quantitative estimate of drug-likeness (QED) is 0.319. The number of nitrogens with zero attached hydrogens (tertiary/aromatic N) is 4. The Hall–Kier alpha value is -3.46. The Labute approximate surface area is 244 Å². The highest BCUT2D eigenvalue weighted by molar-refractivity contribution is 6.14. The van der Waals surface area contributed by atoms with E-state index in [1.54, 1.807) is 13.8 Å². The highest BCUT2D eigenvalue weighted by atomic mass is 16.5. The van der Waals surface area contributed by atoms with Crippen molar-refractivity contribution in [1.82, 2.24) is 9.80 Å². The van der Waals surface area contributed by atoms with Crippen LogP contribution in [-0.2, 0) is 38.1 Å². The number of hydrogen-bond donors (Lipinski definition) is 2. The third-order valence-corrected chi connectivity index (χ3v) is 6.52. The van der Waals surface area contributed by atoms with Crippen LogP contribution in [0.1, 0.15) is 39.5 Å². The van der Waals surface area contributed by atoms with Crippen LogP contribution in [0.4, 0.5) is 0 Å². The maximum absolute atomic E-state index is 11.8. The summed E-state index contributed by atoms with van der Waals surface area (Å²) in [5.41, 5.74) is 1.03. The zero-order chi connectivity index (χ0) is 30.5.